The van der Waals surface area contributed by atoms with E-state index >= 15 is 0 Å². The fourth-order valence-electron chi connectivity index (χ4n) is 2.10. The fourth-order valence-corrected chi connectivity index (χ4v) is 2.79. The molecule has 17 heavy (non-hydrogen) atoms. The van der Waals surface area contributed by atoms with Crippen molar-refractivity contribution in [3.05, 3.63) is 22.4 Å². The van der Waals surface area contributed by atoms with Crippen LogP contribution in [0, 0.1) is 5.41 Å². The number of likely N-dealkylation sites (N-methyl/N-ethyl adjacent to an activating group) is 1. The van der Waals surface area contributed by atoms with Crippen LogP contribution in [0.3, 0.4) is 0 Å². The summed E-state index contributed by atoms with van der Waals surface area (Å²) in [5.74, 6) is 0. The fraction of sp³-hybridized carbons (Fsp3) is 0.714. The van der Waals surface area contributed by atoms with Crippen LogP contribution in [0.4, 0.5) is 0 Å². The van der Waals surface area contributed by atoms with Crippen molar-refractivity contribution in [3.8, 4) is 0 Å². The average Bonchev–Trinajstić information content (AvgIpc) is 2.75. The van der Waals surface area contributed by atoms with E-state index < -0.39 is 0 Å². The standard InChI is InChI=1S/C14H25NOS/c1-6-15-12(11-8-9-17-10-11)13(16-7-2)14(3,4)5/h8-10,12-13,15H,6-7H2,1-5H3. The molecule has 0 aliphatic heterocycles. The molecule has 0 aliphatic rings. The van der Waals surface area contributed by atoms with E-state index in [-0.39, 0.29) is 17.6 Å². The molecule has 1 rings (SSSR count). The normalized spacial score (nSPS) is 15.8. The molecule has 2 unspecified atom stereocenters. The third-order valence-corrected chi connectivity index (χ3v) is 3.53. The van der Waals surface area contributed by atoms with Crippen LogP contribution in [0.2, 0.25) is 0 Å². The van der Waals surface area contributed by atoms with Crippen molar-refractivity contribution in [3.63, 3.8) is 0 Å². The quantitative estimate of drug-likeness (QED) is 0.833. The first-order chi connectivity index (χ1) is 8.00. The van der Waals surface area contributed by atoms with Gasteiger partial charge < -0.3 is 10.1 Å². The molecule has 0 saturated carbocycles. The Kier molecular flexibility index (Phi) is 5.63. The van der Waals surface area contributed by atoms with Crippen LogP contribution >= 0.6 is 11.3 Å². The highest BCUT2D eigenvalue weighted by Crippen LogP contribution is 2.33. The highest BCUT2D eigenvalue weighted by Gasteiger charge is 2.33. The van der Waals surface area contributed by atoms with Crippen molar-refractivity contribution < 1.29 is 4.74 Å². The van der Waals surface area contributed by atoms with Gasteiger partial charge >= 0.3 is 0 Å². The van der Waals surface area contributed by atoms with E-state index in [1.54, 1.807) is 11.3 Å². The highest BCUT2D eigenvalue weighted by molar-refractivity contribution is 7.07. The summed E-state index contributed by atoms with van der Waals surface area (Å²) in [4.78, 5) is 0. The van der Waals surface area contributed by atoms with E-state index in [0.29, 0.717) is 0 Å². The van der Waals surface area contributed by atoms with Crippen molar-refractivity contribution in [1.29, 1.82) is 0 Å². The molecule has 0 radical (unpaired) electrons. The molecule has 2 nitrogen and oxygen atoms in total. The first kappa shape index (κ1) is 14.7. The topological polar surface area (TPSA) is 21.3 Å². The number of ether oxygens (including phenoxy) is 1. The van der Waals surface area contributed by atoms with Gasteiger partial charge in [-0.2, -0.15) is 11.3 Å². The molecule has 1 aromatic rings. The van der Waals surface area contributed by atoms with Crippen molar-refractivity contribution >= 4 is 11.3 Å². The summed E-state index contributed by atoms with van der Waals surface area (Å²) in [5, 5.41) is 7.90. The Bertz CT molecular complexity index is 303. The van der Waals surface area contributed by atoms with Gasteiger partial charge in [-0.15, -0.1) is 0 Å². The van der Waals surface area contributed by atoms with E-state index in [4.69, 9.17) is 4.74 Å². The molecule has 3 heteroatoms. The lowest BCUT2D eigenvalue weighted by Crippen LogP contribution is -2.42. The second-order valence-corrected chi connectivity index (χ2v) is 6.11. The lowest BCUT2D eigenvalue weighted by molar-refractivity contribution is -0.0362. The Morgan fingerprint density at radius 3 is 2.47 bits per heavy atom. The maximum absolute atomic E-state index is 5.99. The molecule has 2 atom stereocenters. The Balaban J connectivity index is 2.93. The number of hydrogen-bond acceptors (Lipinski definition) is 3. The largest absolute Gasteiger partial charge is 0.376 e. The molecule has 1 heterocycles. The average molecular weight is 255 g/mol. The van der Waals surface area contributed by atoms with Gasteiger partial charge in [0, 0.05) is 6.61 Å². The SMILES string of the molecule is CCNC(c1ccsc1)C(OCC)C(C)(C)C. The van der Waals surface area contributed by atoms with Crippen LogP contribution in [-0.2, 0) is 4.74 Å². The molecule has 0 aliphatic carbocycles. The summed E-state index contributed by atoms with van der Waals surface area (Å²) in [7, 11) is 0. The Labute approximate surface area is 109 Å². The smallest absolute Gasteiger partial charge is 0.0817 e. The Morgan fingerprint density at radius 1 is 1.35 bits per heavy atom. The number of nitrogens with one attached hydrogen (secondary N) is 1. The third-order valence-electron chi connectivity index (χ3n) is 2.83. The van der Waals surface area contributed by atoms with Crippen LogP contribution in [0.1, 0.15) is 46.2 Å². The van der Waals surface area contributed by atoms with E-state index in [2.05, 4.69) is 56.8 Å². The predicted octanol–water partition coefficient (Wildman–Crippen LogP) is 3.85. The van der Waals surface area contributed by atoms with Gasteiger partial charge in [-0.1, -0.05) is 27.7 Å². The Morgan fingerprint density at radius 2 is 2.06 bits per heavy atom. The second kappa shape index (κ2) is 6.53. The zero-order valence-corrected chi connectivity index (χ0v) is 12.4. The van der Waals surface area contributed by atoms with Gasteiger partial charge in [-0.3, -0.25) is 0 Å². The minimum absolute atomic E-state index is 0.130. The molecule has 0 fully saturated rings. The van der Waals surface area contributed by atoms with Crippen molar-refractivity contribution in [2.75, 3.05) is 13.2 Å². The summed E-state index contributed by atoms with van der Waals surface area (Å²) in [6, 6.07) is 2.47. The second-order valence-electron chi connectivity index (χ2n) is 5.33. The van der Waals surface area contributed by atoms with Gasteiger partial charge in [-0.25, -0.2) is 0 Å². The van der Waals surface area contributed by atoms with Gasteiger partial charge in [0.15, 0.2) is 0 Å². The van der Waals surface area contributed by atoms with Gasteiger partial charge in [0.2, 0.25) is 0 Å². The number of hydrogen-bond donors (Lipinski definition) is 1. The first-order valence-electron chi connectivity index (χ1n) is 6.37. The summed E-state index contributed by atoms with van der Waals surface area (Å²) in [5.41, 5.74) is 1.47. The highest BCUT2D eigenvalue weighted by atomic mass is 32.1. The minimum Gasteiger partial charge on any atom is -0.376 e. The first-order valence-corrected chi connectivity index (χ1v) is 7.32. The summed E-state index contributed by atoms with van der Waals surface area (Å²) >= 11 is 1.74. The maximum Gasteiger partial charge on any atom is 0.0817 e. The molecule has 0 bridgehead atoms. The van der Waals surface area contributed by atoms with E-state index in [0.717, 1.165) is 13.2 Å². The third kappa shape index (κ3) is 4.09. The van der Waals surface area contributed by atoms with Gasteiger partial charge in [-0.05, 0) is 41.3 Å². The van der Waals surface area contributed by atoms with Gasteiger partial charge in [0.05, 0.1) is 12.1 Å². The van der Waals surface area contributed by atoms with E-state index in [1.165, 1.54) is 5.56 Å². The Hall–Kier alpha value is -0.380. The molecule has 0 saturated heterocycles. The molecule has 0 spiro atoms. The molecule has 1 aromatic heterocycles. The van der Waals surface area contributed by atoms with Crippen LogP contribution in [0.15, 0.2) is 16.8 Å². The van der Waals surface area contributed by atoms with Crippen molar-refractivity contribution in [2.45, 2.75) is 46.8 Å². The van der Waals surface area contributed by atoms with Crippen LogP contribution < -0.4 is 5.32 Å². The van der Waals surface area contributed by atoms with Crippen LogP contribution in [-0.4, -0.2) is 19.3 Å². The summed E-state index contributed by atoms with van der Waals surface area (Å²) < 4.78 is 5.99. The molecule has 0 amide bonds. The minimum atomic E-state index is 0.130. The van der Waals surface area contributed by atoms with Crippen molar-refractivity contribution in [2.24, 2.45) is 5.41 Å². The molecule has 98 valence electrons. The zero-order chi connectivity index (χ0) is 12.9. The zero-order valence-electron chi connectivity index (χ0n) is 11.6. The van der Waals surface area contributed by atoms with Crippen LogP contribution in [0.25, 0.3) is 0 Å². The number of thiophene rings is 1. The predicted molar refractivity (Wildman–Crippen MR) is 75.6 cm³/mol. The van der Waals surface area contributed by atoms with Gasteiger partial charge in [0.1, 0.15) is 0 Å². The molecular formula is C14H25NOS. The monoisotopic (exact) mass is 255 g/mol. The summed E-state index contributed by atoms with van der Waals surface area (Å²) in [6.07, 6.45) is 0.196. The van der Waals surface area contributed by atoms with Crippen LogP contribution in [0.5, 0.6) is 0 Å². The molecule has 0 aromatic carbocycles. The van der Waals surface area contributed by atoms with Crippen molar-refractivity contribution in [1.82, 2.24) is 5.32 Å². The van der Waals surface area contributed by atoms with E-state index in [1.807, 2.05) is 0 Å². The summed E-state index contributed by atoms with van der Waals surface area (Å²) in [6.45, 7) is 12.6. The maximum atomic E-state index is 5.99. The molecule has 1 N–H and O–H groups in total. The lowest BCUT2D eigenvalue weighted by Gasteiger charge is -2.37. The van der Waals surface area contributed by atoms with E-state index in [9.17, 15) is 0 Å². The van der Waals surface area contributed by atoms with Gasteiger partial charge in [0.25, 0.3) is 0 Å². The number of rotatable bonds is 6. The lowest BCUT2D eigenvalue weighted by atomic mass is 9.82. The molecular weight excluding hydrogens is 230 g/mol.